The van der Waals surface area contributed by atoms with Crippen LogP contribution < -0.4 is 10.3 Å². The van der Waals surface area contributed by atoms with Gasteiger partial charge in [0.05, 0.1) is 29.1 Å². The monoisotopic (exact) mass is 601 g/mol. The average molecular weight is 602 g/mol. The van der Waals surface area contributed by atoms with Gasteiger partial charge in [0.2, 0.25) is 5.60 Å². The number of pyridine rings is 1. The number of hydrogen-bond acceptors (Lipinski definition) is 5. The van der Waals surface area contributed by atoms with Gasteiger partial charge in [-0.3, -0.25) is 4.79 Å². The summed E-state index contributed by atoms with van der Waals surface area (Å²) >= 11 is 0. The molecule has 1 unspecified atom stereocenters. The number of anilines is 1. The molecule has 45 heavy (non-hydrogen) atoms. The van der Waals surface area contributed by atoms with Gasteiger partial charge in [0.1, 0.15) is 5.82 Å². The molecular weight excluding hydrogens is 565 g/mol. The molecule has 0 aliphatic carbocycles. The molecule has 1 aromatic heterocycles. The zero-order valence-electron chi connectivity index (χ0n) is 25.3. The van der Waals surface area contributed by atoms with Crippen molar-refractivity contribution in [1.29, 1.82) is 0 Å². The van der Waals surface area contributed by atoms with Crippen molar-refractivity contribution in [2.24, 2.45) is 5.16 Å². The normalized spacial score (nSPS) is 17.2. The van der Waals surface area contributed by atoms with E-state index < -0.39 is 11.4 Å². The molecule has 7 heteroatoms. The van der Waals surface area contributed by atoms with Gasteiger partial charge in [0.25, 0.3) is 0 Å². The topological polar surface area (TPSA) is 67.1 Å². The number of rotatable bonds is 7. The molecule has 2 aliphatic rings. The second kappa shape index (κ2) is 12.0. The van der Waals surface area contributed by atoms with Crippen molar-refractivity contribution in [2.75, 3.05) is 18.0 Å². The summed E-state index contributed by atoms with van der Waals surface area (Å²) < 4.78 is 18.0. The van der Waals surface area contributed by atoms with Gasteiger partial charge in [-0.2, -0.15) is 0 Å². The Morgan fingerprint density at radius 1 is 0.889 bits per heavy atom. The van der Waals surface area contributed by atoms with Crippen molar-refractivity contribution < 1.29 is 14.3 Å². The van der Waals surface area contributed by atoms with Crippen LogP contribution in [-0.4, -0.2) is 35.1 Å². The third kappa shape index (κ3) is 5.11. The molecule has 1 N–H and O–H groups in total. The van der Waals surface area contributed by atoms with Gasteiger partial charge in [-0.1, -0.05) is 96.2 Å². The fourth-order valence-electron chi connectivity index (χ4n) is 7.02. The number of aromatic nitrogens is 1. The fourth-order valence-corrected chi connectivity index (χ4v) is 7.02. The van der Waals surface area contributed by atoms with Crippen LogP contribution in [0.4, 0.5) is 10.1 Å². The maximum absolute atomic E-state index is 15.9. The Hall–Kier alpha value is -4.75. The Labute approximate surface area is 262 Å². The van der Waals surface area contributed by atoms with Crippen LogP contribution in [0, 0.1) is 5.82 Å². The first-order valence-electron chi connectivity index (χ1n) is 15.7. The summed E-state index contributed by atoms with van der Waals surface area (Å²) in [5.41, 5.74) is 3.86. The van der Waals surface area contributed by atoms with E-state index in [1.54, 1.807) is 0 Å². The summed E-state index contributed by atoms with van der Waals surface area (Å²) in [7, 11) is 0. The average Bonchev–Trinajstić information content (AvgIpc) is 3.08. The summed E-state index contributed by atoms with van der Waals surface area (Å²) in [6, 6.07) is 31.3. The molecule has 0 amide bonds. The van der Waals surface area contributed by atoms with E-state index in [-0.39, 0.29) is 17.6 Å². The first kappa shape index (κ1) is 29.0. The smallest absolute Gasteiger partial charge is 0.212 e. The third-order valence-corrected chi connectivity index (χ3v) is 9.36. The van der Waals surface area contributed by atoms with Gasteiger partial charge in [-0.25, -0.2) is 4.39 Å². The molecule has 0 spiro atoms. The van der Waals surface area contributed by atoms with Crippen LogP contribution in [0.15, 0.2) is 113 Å². The molecule has 4 aromatic carbocycles. The highest BCUT2D eigenvalue weighted by Gasteiger charge is 2.39. The molecule has 1 saturated heterocycles. The number of halogens is 1. The summed E-state index contributed by atoms with van der Waals surface area (Å²) in [4.78, 5) is 22.5. The van der Waals surface area contributed by atoms with Crippen LogP contribution in [-0.2, 0) is 16.9 Å². The van der Waals surface area contributed by atoms with Crippen molar-refractivity contribution >= 4 is 22.8 Å². The van der Waals surface area contributed by atoms with E-state index in [0.717, 1.165) is 34.2 Å². The summed E-state index contributed by atoms with van der Waals surface area (Å²) in [5.74, 6) is -0.395. The maximum Gasteiger partial charge on any atom is 0.212 e. The summed E-state index contributed by atoms with van der Waals surface area (Å²) in [6.45, 7) is 3.30. The zero-order chi connectivity index (χ0) is 31.0. The lowest BCUT2D eigenvalue weighted by Crippen LogP contribution is -2.37. The SMILES string of the molecule is CC1CCc2c(N3CCC(O)CC3)c(F)cc3c(=O)c(C=NOC(c4ccccc4)(c4ccccc4)c4ccccc4)cn1c23. The highest BCUT2D eigenvalue weighted by molar-refractivity contribution is 5.93. The van der Waals surface area contributed by atoms with Crippen LogP contribution >= 0.6 is 0 Å². The first-order chi connectivity index (χ1) is 22.0. The van der Waals surface area contributed by atoms with E-state index in [9.17, 15) is 9.90 Å². The second-order valence-electron chi connectivity index (χ2n) is 12.1. The lowest BCUT2D eigenvalue weighted by atomic mass is 9.80. The molecule has 5 aromatic rings. The quantitative estimate of drug-likeness (QED) is 0.125. The molecule has 6 nitrogen and oxygen atoms in total. The highest BCUT2D eigenvalue weighted by Crippen LogP contribution is 2.41. The maximum atomic E-state index is 15.9. The molecule has 0 saturated carbocycles. The Balaban J connectivity index is 1.34. The lowest BCUT2D eigenvalue weighted by molar-refractivity contribution is 0.0183. The fraction of sp³-hybridized carbons (Fsp3) is 0.263. The Morgan fingerprint density at radius 3 is 2.00 bits per heavy atom. The standard InChI is InChI=1S/C38H36FN3O3/c1-26-17-18-32-35-33(23-34(39)36(32)41-21-19-31(43)20-22-41)37(44)27(25-42(26)35)24-40-45-38(28-11-5-2-6-12-28,29-13-7-3-8-14-29)30-15-9-4-10-16-30/h2-16,23-26,31,43H,17-22H2,1H3. The van der Waals surface area contributed by atoms with E-state index >= 15 is 4.39 Å². The number of nitrogens with zero attached hydrogens (tertiary/aromatic N) is 3. The first-order valence-corrected chi connectivity index (χ1v) is 15.7. The van der Waals surface area contributed by atoms with Crippen LogP contribution in [0.2, 0.25) is 0 Å². The van der Waals surface area contributed by atoms with E-state index in [1.807, 2.05) is 102 Å². The highest BCUT2D eigenvalue weighted by atomic mass is 19.1. The Kier molecular flexibility index (Phi) is 7.71. The molecule has 228 valence electrons. The van der Waals surface area contributed by atoms with Crippen molar-refractivity contribution in [3.8, 4) is 0 Å². The number of aryl methyl sites for hydroxylation is 1. The minimum Gasteiger partial charge on any atom is -0.393 e. The third-order valence-electron chi connectivity index (χ3n) is 9.36. The molecular formula is C38H36FN3O3. The molecule has 1 atom stereocenters. The molecule has 0 bridgehead atoms. The number of aliphatic hydroxyl groups excluding tert-OH is 1. The number of aliphatic hydroxyl groups is 1. The molecule has 1 fully saturated rings. The minimum atomic E-state index is -1.08. The molecule has 3 heterocycles. The number of benzene rings is 4. The van der Waals surface area contributed by atoms with Crippen molar-refractivity contribution in [1.82, 2.24) is 4.57 Å². The van der Waals surface area contributed by atoms with Crippen LogP contribution in [0.25, 0.3) is 10.9 Å². The molecule has 7 rings (SSSR count). The van der Waals surface area contributed by atoms with E-state index in [2.05, 4.69) is 16.6 Å². The second-order valence-corrected chi connectivity index (χ2v) is 12.1. The van der Waals surface area contributed by atoms with Crippen LogP contribution in [0.1, 0.15) is 60.0 Å². The molecule has 2 aliphatic heterocycles. The number of oxime groups is 1. The number of piperidine rings is 1. The van der Waals surface area contributed by atoms with Gasteiger partial charge in [-0.15, -0.1) is 0 Å². The van der Waals surface area contributed by atoms with Gasteiger partial charge in [0.15, 0.2) is 5.43 Å². The van der Waals surface area contributed by atoms with Crippen LogP contribution in [0.3, 0.4) is 0 Å². The van der Waals surface area contributed by atoms with E-state index in [1.165, 1.54) is 12.3 Å². The van der Waals surface area contributed by atoms with Crippen molar-refractivity contribution in [2.45, 2.75) is 50.4 Å². The predicted molar refractivity (Wildman–Crippen MR) is 177 cm³/mol. The summed E-state index contributed by atoms with van der Waals surface area (Å²) in [5, 5.41) is 14.9. The minimum absolute atomic E-state index is 0.118. The zero-order valence-corrected chi connectivity index (χ0v) is 25.3. The largest absolute Gasteiger partial charge is 0.393 e. The van der Waals surface area contributed by atoms with Gasteiger partial charge in [-0.05, 0) is 38.7 Å². The van der Waals surface area contributed by atoms with E-state index in [0.29, 0.717) is 49.0 Å². The van der Waals surface area contributed by atoms with Gasteiger partial charge in [0, 0.05) is 53.0 Å². The van der Waals surface area contributed by atoms with Crippen molar-refractivity contribution in [3.63, 3.8) is 0 Å². The van der Waals surface area contributed by atoms with E-state index in [4.69, 9.17) is 4.84 Å². The Morgan fingerprint density at radius 2 is 1.44 bits per heavy atom. The molecule has 0 radical (unpaired) electrons. The van der Waals surface area contributed by atoms with Crippen molar-refractivity contribution in [3.05, 3.63) is 147 Å². The van der Waals surface area contributed by atoms with Crippen LogP contribution in [0.5, 0.6) is 0 Å². The van der Waals surface area contributed by atoms with Gasteiger partial charge < -0.3 is 19.4 Å². The Bertz CT molecular complexity index is 1800. The lowest BCUT2D eigenvalue weighted by Gasteiger charge is -2.36. The van der Waals surface area contributed by atoms with Gasteiger partial charge >= 0.3 is 0 Å². The predicted octanol–water partition coefficient (Wildman–Crippen LogP) is 6.95. The number of hydrogen-bond donors (Lipinski definition) is 1. The summed E-state index contributed by atoms with van der Waals surface area (Å²) in [6.07, 6.45) is 5.66.